The van der Waals surface area contributed by atoms with Gasteiger partial charge in [-0.3, -0.25) is 9.59 Å². The molecule has 0 bridgehead atoms. The van der Waals surface area contributed by atoms with Crippen LogP contribution in [0.1, 0.15) is 59.8 Å². The quantitative estimate of drug-likeness (QED) is 0.0644. The van der Waals surface area contributed by atoms with E-state index in [9.17, 15) is 29.4 Å². The van der Waals surface area contributed by atoms with E-state index in [1.54, 1.807) is 27.7 Å². The number of hydrogen-bond acceptors (Lipinski definition) is 11. The van der Waals surface area contributed by atoms with Gasteiger partial charge < -0.3 is 39.2 Å². The summed E-state index contributed by atoms with van der Waals surface area (Å²) in [5.41, 5.74) is -0.317. The van der Waals surface area contributed by atoms with E-state index >= 15 is 0 Å². The number of carbonyl (C=O) groups excluding carboxylic acids is 4. The van der Waals surface area contributed by atoms with Crippen LogP contribution in [0.3, 0.4) is 0 Å². The van der Waals surface area contributed by atoms with Crippen LogP contribution in [0.2, 0.25) is 0 Å². The highest BCUT2D eigenvalue weighted by molar-refractivity contribution is 5.92. The highest BCUT2D eigenvalue weighted by Gasteiger charge is 2.32. The van der Waals surface area contributed by atoms with Crippen LogP contribution in [-0.4, -0.2) is 99.0 Å². The largest absolute Gasteiger partial charge is 0.462 e. The molecule has 0 spiro atoms. The maximum atomic E-state index is 12.5. The molecular weight excluding hydrogens is 550 g/mol. The fourth-order valence-corrected chi connectivity index (χ4v) is 3.13. The summed E-state index contributed by atoms with van der Waals surface area (Å²) < 4.78 is 25.9. The fraction of sp³-hybridized carbons (Fsp3) is 0.667. The number of aliphatic hydroxyl groups excluding tert-OH is 2. The smallest absolute Gasteiger partial charge is 0.333 e. The van der Waals surface area contributed by atoms with Crippen molar-refractivity contribution in [3.63, 3.8) is 0 Å². The Morgan fingerprint density at radius 2 is 1.24 bits per heavy atom. The third kappa shape index (κ3) is 19.1. The summed E-state index contributed by atoms with van der Waals surface area (Å²) >= 11 is 0. The fourth-order valence-electron chi connectivity index (χ4n) is 3.13. The Kier molecular flexibility index (Phi) is 20.0. The summed E-state index contributed by atoms with van der Waals surface area (Å²) in [6.07, 6.45) is 0.455. The minimum Gasteiger partial charge on any atom is -0.462 e. The van der Waals surface area contributed by atoms with E-state index in [4.69, 9.17) is 23.7 Å². The second-order valence-corrected chi connectivity index (χ2v) is 10.7. The first-order chi connectivity index (χ1) is 19.7. The molecule has 0 fully saturated rings. The number of aliphatic hydroxyl groups is 2. The summed E-state index contributed by atoms with van der Waals surface area (Å²) in [6, 6.07) is 0. The number of ether oxygens (including phenoxy) is 5. The summed E-state index contributed by atoms with van der Waals surface area (Å²) in [7, 11) is 0. The molecule has 0 saturated carbocycles. The zero-order valence-electron chi connectivity index (χ0n) is 25.5. The molecule has 0 aromatic carbocycles. The Morgan fingerprint density at radius 3 is 1.79 bits per heavy atom. The van der Waals surface area contributed by atoms with Crippen LogP contribution in [-0.2, 0) is 42.9 Å². The number of unbranched alkanes of at least 4 members (excludes halogenated alkanes) is 2. The minimum atomic E-state index is -1.12. The molecule has 1 amide bonds. The van der Waals surface area contributed by atoms with Crippen LogP contribution in [0.25, 0.3) is 0 Å². The van der Waals surface area contributed by atoms with Crippen LogP contribution in [0.4, 0.5) is 0 Å². The summed E-state index contributed by atoms with van der Waals surface area (Å²) in [5.74, 6) is -2.03. The first-order valence-corrected chi connectivity index (χ1v) is 14.0. The van der Waals surface area contributed by atoms with E-state index in [1.807, 2.05) is 0 Å². The van der Waals surface area contributed by atoms with Gasteiger partial charge in [0, 0.05) is 36.5 Å². The van der Waals surface area contributed by atoms with E-state index in [0.29, 0.717) is 56.6 Å². The van der Waals surface area contributed by atoms with E-state index in [0.717, 1.165) is 0 Å². The Bertz CT molecular complexity index is 913. The molecule has 0 aliphatic carbocycles. The molecule has 0 aromatic rings. The maximum Gasteiger partial charge on any atom is 0.333 e. The molecule has 0 radical (unpaired) electrons. The normalized spacial score (nSPS) is 12.5. The third-order valence-corrected chi connectivity index (χ3v) is 5.58. The van der Waals surface area contributed by atoms with Gasteiger partial charge in [-0.15, -0.1) is 0 Å². The molecule has 12 nitrogen and oxygen atoms in total. The minimum absolute atomic E-state index is 0.0256. The highest BCUT2D eigenvalue weighted by Crippen LogP contribution is 2.27. The molecule has 2 atom stereocenters. The van der Waals surface area contributed by atoms with Crippen molar-refractivity contribution in [2.75, 3.05) is 52.8 Å². The van der Waals surface area contributed by atoms with Crippen LogP contribution in [0.5, 0.6) is 0 Å². The van der Waals surface area contributed by atoms with Crippen molar-refractivity contribution in [1.29, 1.82) is 0 Å². The number of carbonyl (C=O) groups is 4. The maximum absolute atomic E-state index is 12.5. The second kappa shape index (κ2) is 21.6. The Hall–Kier alpha value is -3.06. The predicted molar refractivity (Wildman–Crippen MR) is 155 cm³/mol. The van der Waals surface area contributed by atoms with Crippen molar-refractivity contribution >= 4 is 23.8 Å². The number of esters is 3. The zero-order valence-corrected chi connectivity index (χ0v) is 25.5. The molecule has 240 valence electrons. The molecule has 3 N–H and O–H groups in total. The molecule has 0 aromatic heterocycles. The van der Waals surface area contributed by atoms with Gasteiger partial charge in [-0.2, -0.15) is 0 Å². The van der Waals surface area contributed by atoms with E-state index in [2.05, 4.69) is 25.1 Å². The monoisotopic (exact) mass is 599 g/mol. The molecule has 42 heavy (non-hydrogen) atoms. The van der Waals surface area contributed by atoms with Crippen molar-refractivity contribution < 1.29 is 53.1 Å². The second-order valence-electron chi connectivity index (χ2n) is 10.7. The Labute approximate surface area is 249 Å². The molecule has 2 unspecified atom stereocenters. The molecule has 0 heterocycles. The average molecular weight is 600 g/mol. The lowest BCUT2D eigenvalue weighted by Crippen LogP contribution is -2.32. The Morgan fingerprint density at radius 1 is 0.714 bits per heavy atom. The number of hydrogen-bond donors (Lipinski definition) is 3. The van der Waals surface area contributed by atoms with Gasteiger partial charge in [0.15, 0.2) is 0 Å². The van der Waals surface area contributed by atoms with Gasteiger partial charge in [0.1, 0.15) is 25.4 Å². The third-order valence-electron chi connectivity index (χ3n) is 5.58. The van der Waals surface area contributed by atoms with Crippen molar-refractivity contribution in [1.82, 2.24) is 5.32 Å². The lowest BCUT2D eigenvalue weighted by molar-refractivity contribution is -0.158. The van der Waals surface area contributed by atoms with Gasteiger partial charge in [0.25, 0.3) is 0 Å². The van der Waals surface area contributed by atoms with Gasteiger partial charge in [0.2, 0.25) is 5.91 Å². The molecule has 0 saturated heterocycles. The zero-order chi connectivity index (χ0) is 32.1. The first-order valence-electron chi connectivity index (χ1n) is 14.0. The van der Waals surface area contributed by atoms with Gasteiger partial charge >= 0.3 is 17.9 Å². The number of nitrogens with one attached hydrogen (secondary N) is 1. The van der Waals surface area contributed by atoms with Crippen LogP contribution in [0, 0.1) is 5.41 Å². The molecule has 0 aliphatic heterocycles. The summed E-state index contributed by atoms with van der Waals surface area (Å²) in [5, 5.41) is 22.7. The lowest BCUT2D eigenvalue weighted by Gasteiger charge is -2.24. The van der Waals surface area contributed by atoms with Crippen LogP contribution >= 0.6 is 0 Å². The average Bonchev–Trinajstić information content (AvgIpc) is 2.92. The van der Waals surface area contributed by atoms with E-state index in [-0.39, 0.29) is 50.9 Å². The predicted octanol–water partition coefficient (Wildman–Crippen LogP) is 2.17. The van der Waals surface area contributed by atoms with E-state index < -0.39 is 35.5 Å². The van der Waals surface area contributed by atoms with Crippen molar-refractivity contribution in [2.45, 2.75) is 72.0 Å². The lowest BCUT2D eigenvalue weighted by atomic mass is 9.86. The SMILES string of the molecule is C=C(C)C(=O)NCCCCOCC(O)COC(=O)C(C)(C)CC(=C)C(=O)OCC(O)COCCCCOC(=O)C(=C)C. The molecule has 12 heteroatoms. The van der Waals surface area contributed by atoms with Gasteiger partial charge in [-0.05, 0) is 59.8 Å². The first kappa shape index (κ1) is 38.9. The topological polar surface area (TPSA) is 167 Å². The van der Waals surface area contributed by atoms with Crippen LogP contribution < -0.4 is 5.32 Å². The molecular formula is C30H49NO11. The van der Waals surface area contributed by atoms with Gasteiger partial charge in [0.05, 0.1) is 25.2 Å². The highest BCUT2D eigenvalue weighted by atomic mass is 16.6. The number of amides is 1. The number of rotatable bonds is 24. The summed E-state index contributed by atoms with van der Waals surface area (Å²) in [6.45, 7) is 17.9. The van der Waals surface area contributed by atoms with Crippen LogP contribution in [0.15, 0.2) is 36.5 Å². The van der Waals surface area contributed by atoms with Crippen molar-refractivity contribution in [3.8, 4) is 0 Å². The standard InChI is InChI=1S/C30H49NO11/c1-21(2)26(34)31-12-8-9-13-38-18-25(33)20-42-29(37)30(6,7)16-23(5)28(36)41-19-24(32)17-39-14-10-11-15-40-27(35)22(3)4/h24-25,32-33H,1,3,5,8-20H2,2,4,6-7H3,(H,31,34). The Balaban J connectivity index is 4.09. The summed E-state index contributed by atoms with van der Waals surface area (Å²) in [4.78, 5) is 47.5. The van der Waals surface area contributed by atoms with E-state index in [1.165, 1.54) is 0 Å². The van der Waals surface area contributed by atoms with Crippen molar-refractivity contribution in [2.24, 2.45) is 5.41 Å². The molecule has 0 aliphatic rings. The molecule has 0 rings (SSSR count). The van der Waals surface area contributed by atoms with Gasteiger partial charge in [-0.25, -0.2) is 9.59 Å². The van der Waals surface area contributed by atoms with Crippen molar-refractivity contribution in [3.05, 3.63) is 36.5 Å². The van der Waals surface area contributed by atoms with Gasteiger partial charge in [-0.1, -0.05) is 19.7 Å².